The van der Waals surface area contributed by atoms with Crippen molar-refractivity contribution in [2.24, 2.45) is 5.92 Å². The van der Waals surface area contributed by atoms with Crippen molar-refractivity contribution in [3.8, 4) is 0 Å². The molecule has 2 aliphatic rings. The van der Waals surface area contributed by atoms with E-state index in [1.165, 1.54) is 0 Å². The van der Waals surface area contributed by atoms with Gasteiger partial charge in [-0.2, -0.15) is 0 Å². The number of nitrogens with zero attached hydrogens (tertiary/aromatic N) is 2. The van der Waals surface area contributed by atoms with Crippen LogP contribution in [0.3, 0.4) is 0 Å². The summed E-state index contributed by atoms with van der Waals surface area (Å²) in [6, 6.07) is 9.82. The second-order valence-electron chi connectivity index (χ2n) is 6.79. The fourth-order valence-electron chi connectivity index (χ4n) is 3.47. The van der Waals surface area contributed by atoms with Gasteiger partial charge >= 0.3 is 0 Å². The lowest BCUT2D eigenvalue weighted by Gasteiger charge is -2.17. The Kier molecular flexibility index (Phi) is 5.68. The van der Waals surface area contributed by atoms with Crippen LogP contribution in [-0.4, -0.2) is 53.7 Å². The first-order valence-corrected chi connectivity index (χ1v) is 9.00. The Labute approximate surface area is 148 Å². The van der Waals surface area contributed by atoms with Crippen molar-refractivity contribution in [2.45, 2.75) is 32.2 Å². The molecular formula is C19H25N3O3. The number of likely N-dealkylation sites (tertiary alicyclic amines) is 2. The zero-order valence-corrected chi connectivity index (χ0v) is 14.4. The molecule has 0 radical (unpaired) electrons. The summed E-state index contributed by atoms with van der Waals surface area (Å²) in [6.07, 6.45) is 2.62. The molecule has 6 nitrogen and oxygen atoms in total. The van der Waals surface area contributed by atoms with E-state index in [0.717, 1.165) is 24.9 Å². The van der Waals surface area contributed by atoms with Gasteiger partial charge in [-0.25, -0.2) is 0 Å². The van der Waals surface area contributed by atoms with Gasteiger partial charge in [-0.05, 0) is 18.4 Å². The van der Waals surface area contributed by atoms with Gasteiger partial charge in [0.05, 0.1) is 5.92 Å². The van der Waals surface area contributed by atoms with Crippen molar-refractivity contribution in [3.63, 3.8) is 0 Å². The van der Waals surface area contributed by atoms with Gasteiger partial charge in [0.1, 0.15) is 0 Å². The van der Waals surface area contributed by atoms with E-state index >= 15 is 0 Å². The third-order valence-electron chi connectivity index (χ3n) is 4.88. The minimum absolute atomic E-state index is 0.0340. The van der Waals surface area contributed by atoms with Crippen molar-refractivity contribution >= 4 is 17.7 Å². The standard InChI is InChI=1S/C19H25N3O3/c23-17-8-4-10-21(17)11-5-9-20-19(25)16-12-18(24)22(14-16)13-15-6-2-1-3-7-15/h1-3,6-7,16H,4-5,8-14H2,(H,20,25). The molecule has 2 fully saturated rings. The van der Waals surface area contributed by atoms with Crippen molar-refractivity contribution < 1.29 is 14.4 Å². The predicted molar refractivity (Wildman–Crippen MR) is 93.4 cm³/mol. The molecule has 134 valence electrons. The van der Waals surface area contributed by atoms with Crippen LogP contribution in [0.4, 0.5) is 0 Å². The van der Waals surface area contributed by atoms with Crippen molar-refractivity contribution in [1.29, 1.82) is 0 Å². The number of carbonyl (C=O) groups is 3. The number of hydrogen-bond acceptors (Lipinski definition) is 3. The lowest BCUT2D eigenvalue weighted by Crippen LogP contribution is -2.35. The van der Waals surface area contributed by atoms with Crippen molar-refractivity contribution in [1.82, 2.24) is 15.1 Å². The quantitative estimate of drug-likeness (QED) is 0.756. The SMILES string of the molecule is O=C(NCCCN1CCCC1=O)C1CC(=O)N(Cc2ccccc2)C1. The van der Waals surface area contributed by atoms with Crippen LogP contribution in [0, 0.1) is 5.92 Å². The summed E-state index contributed by atoms with van der Waals surface area (Å²) in [7, 11) is 0. The molecular weight excluding hydrogens is 318 g/mol. The van der Waals surface area contributed by atoms with Crippen LogP contribution in [-0.2, 0) is 20.9 Å². The molecule has 2 heterocycles. The third-order valence-corrected chi connectivity index (χ3v) is 4.88. The Bertz CT molecular complexity index is 632. The average Bonchev–Trinajstić information content (AvgIpc) is 3.18. The molecule has 1 N–H and O–H groups in total. The second-order valence-corrected chi connectivity index (χ2v) is 6.79. The lowest BCUT2D eigenvalue weighted by molar-refractivity contribution is -0.129. The van der Waals surface area contributed by atoms with Gasteiger partial charge in [-0.1, -0.05) is 30.3 Å². The Morgan fingerprint density at radius 2 is 1.92 bits per heavy atom. The predicted octanol–water partition coefficient (Wildman–Crippen LogP) is 1.16. The summed E-state index contributed by atoms with van der Waals surface area (Å²) < 4.78 is 0. The minimum atomic E-state index is -0.273. The lowest BCUT2D eigenvalue weighted by atomic mass is 10.1. The minimum Gasteiger partial charge on any atom is -0.356 e. The molecule has 0 bridgehead atoms. The molecule has 6 heteroatoms. The first kappa shape index (κ1) is 17.5. The summed E-state index contributed by atoms with van der Waals surface area (Å²) in [5.74, 6) is -0.0859. The highest BCUT2D eigenvalue weighted by Gasteiger charge is 2.34. The Hall–Kier alpha value is -2.37. The number of amides is 3. The number of nitrogens with one attached hydrogen (secondary N) is 1. The molecule has 2 aliphatic heterocycles. The van der Waals surface area contributed by atoms with Crippen LogP contribution in [0.2, 0.25) is 0 Å². The maximum atomic E-state index is 12.3. The highest BCUT2D eigenvalue weighted by Crippen LogP contribution is 2.20. The van der Waals surface area contributed by atoms with Gasteiger partial charge in [-0.3, -0.25) is 14.4 Å². The number of benzene rings is 1. The monoisotopic (exact) mass is 343 g/mol. The zero-order valence-electron chi connectivity index (χ0n) is 14.4. The maximum absolute atomic E-state index is 12.3. The summed E-state index contributed by atoms with van der Waals surface area (Å²) in [5, 5.41) is 2.91. The molecule has 1 aromatic rings. The Morgan fingerprint density at radius 3 is 2.64 bits per heavy atom. The highest BCUT2D eigenvalue weighted by atomic mass is 16.2. The van der Waals surface area contributed by atoms with Gasteiger partial charge in [0.15, 0.2) is 0 Å². The zero-order chi connectivity index (χ0) is 17.6. The molecule has 25 heavy (non-hydrogen) atoms. The van der Waals surface area contributed by atoms with Gasteiger partial charge in [0, 0.05) is 45.6 Å². The van der Waals surface area contributed by atoms with E-state index in [1.54, 1.807) is 4.90 Å². The van der Waals surface area contributed by atoms with E-state index in [1.807, 2.05) is 35.2 Å². The summed E-state index contributed by atoms with van der Waals surface area (Å²) in [5.41, 5.74) is 1.08. The van der Waals surface area contributed by atoms with Crippen LogP contribution in [0.25, 0.3) is 0 Å². The van der Waals surface area contributed by atoms with Crippen molar-refractivity contribution in [2.75, 3.05) is 26.2 Å². The topological polar surface area (TPSA) is 69.7 Å². The first-order chi connectivity index (χ1) is 12.1. The molecule has 0 saturated carbocycles. The second kappa shape index (κ2) is 8.14. The number of rotatable bonds is 7. The normalized spacial score (nSPS) is 20.4. The van der Waals surface area contributed by atoms with Crippen LogP contribution in [0.15, 0.2) is 30.3 Å². The molecule has 0 aromatic heterocycles. The first-order valence-electron chi connectivity index (χ1n) is 9.00. The van der Waals surface area contributed by atoms with E-state index in [2.05, 4.69) is 5.32 Å². The van der Waals surface area contributed by atoms with Gasteiger partial charge in [-0.15, -0.1) is 0 Å². The van der Waals surface area contributed by atoms with E-state index in [0.29, 0.717) is 32.6 Å². The number of carbonyl (C=O) groups excluding carboxylic acids is 3. The molecule has 2 saturated heterocycles. The van der Waals surface area contributed by atoms with Gasteiger partial charge in [0.2, 0.25) is 17.7 Å². The van der Waals surface area contributed by atoms with E-state index in [9.17, 15) is 14.4 Å². The molecule has 3 rings (SSSR count). The van der Waals surface area contributed by atoms with Gasteiger partial charge < -0.3 is 15.1 Å². The average molecular weight is 343 g/mol. The van der Waals surface area contributed by atoms with Gasteiger partial charge in [0.25, 0.3) is 0 Å². The number of hydrogen-bond donors (Lipinski definition) is 1. The smallest absolute Gasteiger partial charge is 0.225 e. The van der Waals surface area contributed by atoms with Crippen molar-refractivity contribution in [3.05, 3.63) is 35.9 Å². The van der Waals surface area contributed by atoms with Crippen LogP contribution in [0.1, 0.15) is 31.2 Å². The molecule has 1 atom stereocenters. The highest BCUT2D eigenvalue weighted by molar-refractivity contribution is 5.89. The molecule has 0 aliphatic carbocycles. The third kappa shape index (κ3) is 4.59. The van der Waals surface area contributed by atoms with Crippen LogP contribution >= 0.6 is 0 Å². The van der Waals surface area contributed by atoms with E-state index in [4.69, 9.17) is 0 Å². The largest absolute Gasteiger partial charge is 0.356 e. The van der Waals surface area contributed by atoms with E-state index in [-0.39, 0.29) is 30.1 Å². The summed E-state index contributed by atoms with van der Waals surface area (Å²) >= 11 is 0. The Morgan fingerprint density at radius 1 is 1.12 bits per heavy atom. The fourth-order valence-corrected chi connectivity index (χ4v) is 3.47. The maximum Gasteiger partial charge on any atom is 0.225 e. The van der Waals surface area contributed by atoms with Crippen LogP contribution < -0.4 is 5.32 Å². The molecule has 0 spiro atoms. The van der Waals surface area contributed by atoms with Crippen LogP contribution in [0.5, 0.6) is 0 Å². The summed E-state index contributed by atoms with van der Waals surface area (Å²) in [6.45, 7) is 3.11. The Balaban J connectivity index is 1.39. The molecule has 3 amide bonds. The fraction of sp³-hybridized carbons (Fsp3) is 0.526. The summed E-state index contributed by atoms with van der Waals surface area (Å²) in [4.78, 5) is 39.5. The van der Waals surface area contributed by atoms with E-state index < -0.39 is 0 Å². The molecule has 1 aromatic carbocycles. The molecule has 1 unspecified atom stereocenters.